The van der Waals surface area contributed by atoms with Crippen LogP contribution in [-0.2, 0) is 4.79 Å². The number of carbonyl (C=O) groups excluding carboxylic acids is 1. The van der Waals surface area contributed by atoms with Crippen LogP contribution in [0.1, 0.15) is 45.4 Å². The van der Waals surface area contributed by atoms with Crippen molar-refractivity contribution in [2.75, 3.05) is 13.1 Å². The summed E-state index contributed by atoms with van der Waals surface area (Å²) in [6.07, 6.45) is 4.97. The van der Waals surface area contributed by atoms with Crippen molar-refractivity contribution in [1.82, 2.24) is 4.90 Å². The van der Waals surface area contributed by atoms with Gasteiger partial charge in [-0.15, -0.1) is 0 Å². The van der Waals surface area contributed by atoms with Gasteiger partial charge in [0.25, 0.3) is 0 Å². The van der Waals surface area contributed by atoms with Gasteiger partial charge in [-0.05, 0) is 63.1 Å². The number of Topliss-reactive ketones (excluding diaryl/α,β-unsaturated/α-hetero) is 1. The van der Waals surface area contributed by atoms with Crippen LogP contribution in [0.25, 0.3) is 0 Å². The van der Waals surface area contributed by atoms with Crippen molar-refractivity contribution in [3.05, 3.63) is 11.3 Å². The summed E-state index contributed by atoms with van der Waals surface area (Å²) in [5.41, 5.74) is -0.556. The zero-order valence-electron chi connectivity index (χ0n) is 12.1. The Hall–Kier alpha value is -0.870. The Balaban J connectivity index is 2.00. The Bertz CT molecular complexity index is 512. The Morgan fingerprint density at radius 1 is 1.30 bits per heavy atom. The van der Waals surface area contributed by atoms with Gasteiger partial charge in [0.15, 0.2) is 5.76 Å². The zero-order valence-corrected chi connectivity index (χ0v) is 12.1. The molecule has 2 bridgehead atoms. The van der Waals surface area contributed by atoms with E-state index in [-0.39, 0.29) is 11.5 Å². The lowest BCUT2D eigenvalue weighted by atomic mass is 9.49. The lowest BCUT2D eigenvalue weighted by Crippen LogP contribution is -2.77. The van der Waals surface area contributed by atoms with Crippen LogP contribution in [0, 0.1) is 11.8 Å². The molecular formula is C16H23NO3. The van der Waals surface area contributed by atoms with Crippen LogP contribution in [0.4, 0.5) is 0 Å². The lowest BCUT2D eigenvalue weighted by Gasteiger charge is -2.66. The molecule has 2 saturated heterocycles. The molecule has 0 aromatic carbocycles. The van der Waals surface area contributed by atoms with E-state index >= 15 is 0 Å². The average Bonchev–Trinajstić information content (AvgIpc) is 2.42. The molecule has 4 aliphatic rings. The van der Waals surface area contributed by atoms with Gasteiger partial charge < -0.3 is 10.2 Å². The van der Waals surface area contributed by atoms with Gasteiger partial charge in [0, 0.05) is 0 Å². The van der Waals surface area contributed by atoms with Crippen molar-refractivity contribution in [3.63, 3.8) is 0 Å². The summed E-state index contributed by atoms with van der Waals surface area (Å²) in [5, 5.41) is 21.9. The summed E-state index contributed by atoms with van der Waals surface area (Å²) in [6.45, 7) is 4.13. The van der Waals surface area contributed by atoms with Crippen LogP contribution in [-0.4, -0.2) is 45.1 Å². The Kier molecular flexibility index (Phi) is 2.48. The number of hydrogen-bond acceptors (Lipinski definition) is 4. The smallest absolute Gasteiger partial charge is 0.203 e. The monoisotopic (exact) mass is 277 g/mol. The first-order valence-corrected chi connectivity index (χ1v) is 7.95. The molecule has 4 unspecified atom stereocenters. The highest BCUT2D eigenvalue weighted by Crippen LogP contribution is 2.60. The maximum absolute atomic E-state index is 12.6. The molecular weight excluding hydrogens is 254 g/mol. The second kappa shape index (κ2) is 3.86. The fraction of sp³-hybridized carbons (Fsp3) is 0.812. The molecule has 0 aromatic rings. The fourth-order valence-corrected chi connectivity index (χ4v) is 5.65. The highest BCUT2D eigenvalue weighted by molar-refractivity contribution is 5.99. The second-order valence-corrected chi connectivity index (χ2v) is 7.27. The van der Waals surface area contributed by atoms with E-state index in [0.717, 1.165) is 44.3 Å². The minimum Gasteiger partial charge on any atom is -0.504 e. The third-order valence-corrected chi connectivity index (χ3v) is 6.29. The summed E-state index contributed by atoms with van der Waals surface area (Å²) in [5.74, 6) is -0.200. The van der Waals surface area contributed by atoms with Crippen molar-refractivity contribution in [2.24, 2.45) is 11.8 Å². The van der Waals surface area contributed by atoms with Crippen LogP contribution in [0.5, 0.6) is 0 Å². The van der Waals surface area contributed by atoms with Crippen LogP contribution < -0.4 is 0 Å². The van der Waals surface area contributed by atoms with E-state index in [1.807, 2.05) is 0 Å². The maximum atomic E-state index is 12.6. The normalized spacial score (nSPS) is 48.2. The first-order valence-electron chi connectivity index (χ1n) is 7.95. The molecule has 4 rings (SSSR count). The van der Waals surface area contributed by atoms with Gasteiger partial charge in [-0.1, -0.05) is 6.92 Å². The average molecular weight is 277 g/mol. The van der Waals surface area contributed by atoms with Crippen molar-refractivity contribution in [3.8, 4) is 0 Å². The van der Waals surface area contributed by atoms with Gasteiger partial charge in [-0.25, -0.2) is 0 Å². The van der Waals surface area contributed by atoms with E-state index in [0.29, 0.717) is 18.8 Å². The van der Waals surface area contributed by atoms with Crippen LogP contribution >= 0.6 is 0 Å². The quantitative estimate of drug-likeness (QED) is 0.708. The lowest BCUT2D eigenvalue weighted by molar-refractivity contribution is -0.204. The van der Waals surface area contributed by atoms with Crippen LogP contribution in [0.15, 0.2) is 11.3 Å². The molecule has 0 radical (unpaired) electrons. The predicted octanol–water partition coefficient (Wildman–Crippen LogP) is 1.79. The van der Waals surface area contributed by atoms with E-state index in [4.69, 9.17) is 0 Å². The Morgan fingerprint density at radius 2 is 2.05 bits per heavy atom. The zero-order chi connectivity index (χ0) is 14.1. The SMILES string of the molecule is CC1CC2C(=O)C(O)=C3CCCN4CCCC2(O)C34C1. The van der Waals surface area contributed by atoms with Crippen molar-refractivity contribution in [2.45, 2.75) is 56.6 Å². The number of ketones is 1. The molecule has 1 saturated carbocycles. The molecule has 0 amide bonds. The second-order valence-electron chi connectivity index (χ2n) is 7.27. The van der Waals surface area contributed by atoms with E-state index < -0.39 is 17.1 Å². The minimum absolute atomic E-state index is 0.0156. The van der Waals surface area contributed by atoms with Gasteiger partial charge in [0.1, 0.15) is 0 Å². The van der Waals surface area contributed by atoms with Crippen LogP contribution in [0.2, 0.25) is 0 Å². The van der Waals surface area contributed by atoms with E-state index in [9.17, 15) is 15.0 Å². The molecule has 20 heavy (non-hydrogen) atoms. The first kappa shape index (κ1) is 12.8. The van der Waals surface area contributed by atoms with Crippen LogP contribution in [0.3, 0.4) is 0 Å². The number of piperidine rings is 2. The Labute approximate surface area is 119 Å². The van der Waals surface area contributed by atoms with E-state index in [1.54, 1.807) is 0 Å². The predicted molar refractivity (Wildman–Crippen MR) is 74.3 cm³/mol. The molecule has 4 heteroatoms. The Morgan fingerprint density at radius 3 is 2.85 bits per heavy atom. The molecule has 2 heterocycles. The van der Waals surface area contributed by atoms with Gasteiger partial charge in [0.2, 0.25) is 5.78 Å². The van der Waals surface area contributed by atoms with Gasteiger partial charge in [-0.3, -0.25) is 9.69 Å². The number of aliphatic hydroxyl groups excluding tert-OH is 1. The molecule has 110 valence electrons. The topological polar surface area (TPSA) is 60.8 Å². The molecule has 4 atom stereocenters. The largest absolute Gasteiger partial charge is 0.504 e. The standard InChI is InChI=1S/C16H23NO3/c1-10-8-12-14(19)13(18)11-4-2-6-17-7-3-5-16(12,20)15(11,17)9-10/h10,12,18,20H,2-9H2,1H3. The highest BCUT2D eigenvalue weighted by atomic mass is 16.3. The summed E-state index contributed by atoms with van der Waals surface area (Å²) in [4.78, 5) is 14.9. The van der Waals surface area contributed by atoms with Crippen molar-refractivity contribution >= 4 is 5.78 Å². The summed E-state index contributed by atoms with van der Waals surface area (Å²) < 4.78 is 0. The summed E-state index contributed by atoms with van der Waals surface area (Å²) >= 11 is 0. The number of hydrogen-bond donors (Lipinski definition) is 2. The van der Waals surface area contributed by atoms with Crippen molar-refractivity contribution in [1.29, 1.82) is 0 Å². The van der Waals surface area contributed by atoms with E-state index in [2.05, 4.69) is 11.8 Å². The minimum atomic E-state index is -0.948. The first-order chi connectivity index (χ1) is 9.50. The third-order valence-electron chi connectivity index (χ3n) is 6.29. The van der Waals surface area contributed by atoms with Gasteiger partial charge >= 0.3 is 0 Å². The van der Waals surface area contributed by atoms with Crippen molar-refractivity contribution < 1.29 is 15.0 Å². The number of nitrogens with zero attached hydrogens (tertiary/aromatic N) is 1. The summed E-state index contributed by atoms with van der Waals surface area (Å²) in [6, 6.07) is 0. The molecule has 3 fully saturated rings. The number of allylic oxidation sites excluding steroid dienone is 1. The number of carbonyl (C=O) groups is 1. The fourth-order valence-electron chi connectivity index (χ4n) is 5.65. The molecule has 4 nitrogen and oxygen atoms in total. The molecule has 0 aromatic heterocycles. The molecule has 2 aliphatic carbocycles. The van der Waals surface area contributed by atoms with Gasteiger partial charge in [-0.2, -0.15) is 0 Å². The van der Waals surface area contributed by atoms with E-state index in [1.165, 1.54) is 0 Å². The number of aliphatic hydroxyl groups is 2. The number of rotatable bonds is 0. The molecule has 2 N–H and O–H groups in total. The van der Waals surface area contributed by atoms with Gasteiger partial charge in [0.05, 0.1) is 17.1 Å². The molecule has 1 spiro atoms. The summed E-state index contributed by atoms with van der Waals surface area (Å²) in [7, 11) is 0. The highest BCUT2D eigenvalue weighted by Gasteiger charge is 2.69. The maximum Gasteiger partial charge on any atom is 0.203 e. The third kappa shape index (κ3) is 1.23. The molecule has 2 aliphatic heterocycles.